The fourth-order valence-corrected chi connectivity index (χ4v) is 4.59. The van der Waals surface area contributed by atoms with Crippen molar-refractivity contribution >= 4 is 50.8 Å². The maximum atomic E-state index is 12.7. The summed E-state index contributed by atoms with van der Waals surface area (Å²) in [7, 11) is 0. The normalized spacial score (nSPS) is 11.2. The number of rotatable bonds is 6. The number of hydrogen-bond donors (Lipinski definition) is 0. The second-order valence-corrected chi connectivity index (χ2v) is 8.67. The van der Waals surface area contributed by atoms with E-state index in [4.69, 9.17) is 11.6 Å². The third-order valence-electron chi connectivity index (χ3n) is 3.79. The number of carbonyl (C=O) groups excluding carboxylic acids is 1. The molecule has 3 rings (SSSR count). The number of aromatic nitrogens is 1. The predicted octanol–water partition coefficient (Wildman–Crippen LogP) is 5.48. The number of amides is 1. The molecule has 3 nitrogen and oxygen atoms in total. The van der Waals surface area contributed by atoms with Gasteiger partial charge in [0.2, 0.25) is 5.91 Å². The molecule has 0 bridgehead atoms. The lowest BCUT2D eigenvalue weighted by Crippen LogP contribution is -2.37. The first-order valence-electron chi connectivity index (χ1n) is 8.05. The van der Waals surface area contributed by atoms with Crippen molar-refractivity contribution in [1.29, 1.82) is 0 Å². The van der Waals surface area contributed by atoms with Gasteiger partial charge in [0.15, 0.2) is 4.34 Å². The quantitative estimate of drug-likeness (QED) is 0.522. The molecule has 25 heavy (non-hydrogen) atoms. The summed E-state index contributed by atoms with van der Waals surface area (Å²) in [5.74, 6) is 0.514. The van der Waals surface area contributed by atoms with E-state index in [1.807, 2.05) is 67.3 Å². The first-order chi connectivity index (χ1) is 12.0. The molecule has 2 aromatic carbocycles. The van der Waals surface area contributed by atoms with E-state index >= 15 is 0 Å². The third kappa shape index (κ3) is 4.75. The van der Waals surface area contributed by atoms with Gasteiger partial charge in [-0.2, -0.15) is 0 Å². The van der Waals surface area contributed by atoms with Crippen molar-refractivity contribution < 1.29 is 4.79 Å². The van der Waals surface area contributed by atoms with Crippen LogP contribution in [-0.2, 0) is 11.3 Å². The van der Waals surface area contributed by atoms with Crippen molar-refractivity contribution in [3.05, 3.63) is 59.1 Å². The zero-order valence-corrected chi connectivity index (χ0v) is 16.5. The molecule has 0 radical (unpaired) electrons. The summed E-state index contributed by atoms with van der Waals surface area (Å²) >= 11 is 9.09. The van der Waals surface area contributed by atoms with Crippen molar-refractivity contribution in [1.82, 2.24) is 9.88 Å². The first-order valence-corrected chi connectivity index (χ1v) is 10.2. The molecule has 1 heterocycles. The van der Waals surface area contributed by atoms with Gasteiger partial charge in [-0.25, -0.2) is 4.98 Å². The molecule has 3 aromatic rings. The molecule has 0 saturated carbocycles. The predicted molar refractivity (Wildman–Crippen MR) is 107 cm³/mol. The minimum Gasteiger partial charge on any atom is -0.335 e. The number of fused-ring (bicyclic) bond motifs is 1. The lowest BCUT2D eigenvalue weighted by molar-refractivity contribution is -0.130. The van der Waals surface area contributed by atoms with Crippen LogP contribution in [0.4, 0.5) is 0 Å². The van der Waals surface area contributed by atoms with E-state index in [0.29, 0.717) is 17.3 Å². The highest BCUT2D eigenvalue weighted by atomic mass is 35.5. The van der Waals surface area contributed by atoms with Crippen molar-refractivity contribution in [3.63, 3.8) is 0 Å². The molecule has 130 valence electrons. The fourth-order valence-electron chi connectivity index (χ4n) is 2.49. The molecule has 0 aliphatic heterocycles. The van der Waals surface area contributed by atoms with Crippen LogP contribution in [0.1, 0.15) is 19.4 Å². The Morgan fingerprint density at radius 2 is 2.00 bits per heavy atom. The van der Waals surface area contributed by atoms with Crippen LogP contribution in [0.15, 0.2) is 52.9 Å². The van der Waals surface area contributed by atoms with E-state index in [9.17, 15) is 4.79 Å². The minimum absolute atomic E-state index is 0.126. The maximum absolute atomic E-state index is 12.7. The van der Waals surface area contributed by atoms with E-state index < -0.39 is 0 Å². The Morgan fingerprint density at radius 3 is 2.72 bits per heavy atom. The van der Waals surface area contributed by atoms with Crippen molar-refractivity contribution in [2.75, 3.05) is 5.75 Å². The van der Waals surface area contributed by atoms with Gasteiger partial charge in [0.05, 0.1) is 16.0 Å². The topological polar surface area (TPSA) is 33.2 Å². The monoisotopic (exact) mass is 390 g/mol. The SMILES string of the molecule is CC(C)N(Cc1ccccc1)C(=O)CSc1nc2cc(Cl)ccc2s1. The molecule has 0 spiro atoms. The Kier molecular flexibility index (Phi) is 5.99. The Balaban J connectivity index is 1.66. The smallest absolute Gasteiger partial charge is 0.233 e. The lowest BCUT2D eigenvalue weighted by atomic mass is 10.2. The average molecular weight is 391 g/mol. The van der Waals surface area contributed by atoms with Gasteiger partial charge in [-0.05, 0) is 37.6 Å². The largest absolute Gasteiger partial charge is 0.335 e. The molecule has 0 fully saturated rings. The zero-order valence-electron chi connectivity index (χ0n) is 14.1. The summed E-state index contributed by atoms with van der Waals surface area (Å²) in [4.78, 5) is 19.2. The summed E-state index contributed by atoms with van der Waals surface area (Å²) in [6, 6.07) is 15.9. The van der Waals surface area contributed by atoms with E-state index in [1.54, 1.807) is 11.3 Å². The molecule has 0 aliphatic carbocycles. The number of thiazole rings is 1. The van der Waals surface area contributed by atoms with Crippen LogP contribution in [0.2, 0.25) is 5.02 Å². The molecular weight excluding hydrogens is 372 g/mol. The average Bonchev–Trinajstić information content (AvgIpc) is 3.00. The minimum atomic E-state index is 0.126. The molecule has 1 aromatic heterocycles. The highest BCUT2D eigenvalue weighted by Crippen LogP contribution is 2.31. The number of nitrogens with zero attached hydrogens (tertiary/aromatic N) is 2. The van der Waals surface area contributed by atoms with Crippen LogP contribution < -0.4 is 0 Å². The Hall–Kier alpha value is -1.56. The molecule has 0 atom stereocenters. The summed E-state index contributed by atoms with van der Waals surface area (Å²) in [5, 5.41) is 0.680. The van der Waals surface area contributed by atoms with Gasteiger partial charge in [0.1, 0.15) is 0 Å². The van der Waals surface area contributed by atoms with E-state index in [2.05, 4.69) is 4.98 Å². The first kappa shape index (κ1) is 18.2. The molecule has 1 amide bonds. The van der Waals surface area contributed by atoms with Crippen LogP contribution in [0.3, 0.4) is 0 Å². The van der Waals surface area contributed by atoms with Crippen molar-refractivity contribution in [2.24, 2.45) is 0 Å². The van der Waals surface area contributed by atoms with E-state index in [-0.39, 0.29) is 11.9 Å². The molecule has 0 aliphatic rings. The standard InChI is InChI=1S/C19H19ClN2OS2/c1-13(2)22(11-14-6-4-3-5-7-14)18(23)12-24-19-21-16-10-15(20)8-9-17(16)25-19/h3-10,13H,11-12H2,1-2H3. The molecular formula is C19H19ClN2OS2. The number of benzene rings is 2. The second-order valence-electron chi connectivity index (χ2n) is 5.98. The summed E-state index contributed by atoms with van der Waals surface area (Å²) < 4.78 is 1.98. The Morgan fingerprint density at radius 1 is 1.24 bits per heavy atom. The highest BCUT2D eigenvalue weighted by molar-refractivity contribution is 8.01. The lowest BCUT2D eigenvalue weighted by Gasteiger charge is -2.26. The molecule has 6 heteroatoms. The van der Waals surface area contributed by atoms with Crippen LogP contribution in [0.5, 0.6) is 0 Å². The van der Waals surface area contributed by atoms with Gasteiger partial charge in [0.25, 0.3) is 0 Å². The van der Waals surface area contributed by atoms with Gasteiger partial charge in [-0.15, -0.1) is 11.3 Å². The van der Waals surface area contributed by atoms with Crippen LogP contribution >= 0.6 is 34.7 Å². The Labute approximate surface area is 161 Å². The number of halogens is 1. The van der Waals surface area contributed by atoms with Crippen molar-refractivity contribution in [2.45, 2.75) is 30.8 Å². The van der Waals surface area contributed by atoms with Crippen molar-refractivity contribution in [3.8, 4) is 0 Å². The maximum Gasteiger partial charge on any atom is 0.233 e. The van der Waals surface area contributed by atoms with Gasteiger partial charge in [0, 0.05) is 17.6 Å². The number of carbonyl (C=O) groups is 1. The summed E-state index contributed by atoms with van der Waals surface area (Å²) in [5.41, 5.74) is 2.03. The Bertz CT molecular complexity index is 864. The summed E-state index contributed by atoms with van der Waals surface area (Å²) in [6.45, 7) is 4.73. The van der Waals surface area contributed by atoms with Crippen LogP contribution in [0.25, 0.3) is 10.2 Å². The highest BCUT2D eigenvalue weighted by Gasteiger charge is 2.18. The van der Waals surface area contributed by atoms with Gasteiger partial charge < -0.3 is 4.90 Å². The third-order valence-corrected chi connectivity index (χ3v) is 6.19. The van der Waals surface area contributed by atoms with Gasteiger partial charge >= 0.3 is 0 Å². The van der Waals surface area contributed by atoms with E-state index in [1.165, 1.54) is 11.8 Å². The van der Waals surface area contributed by atoms with E-state index in [0.717, 1.165) is 20.1 Å². The molecule has 0 unspecified atom stereocenters. The fraction of sp³-hybridized carbons (Fsp3) is 0.263. The van der Waals surface area contributed by atoms with Crippen LogP contribution in [0, 0.1) is 0 Å². The van der Waals surface area contributed by atoms with Gasteiger partial charge in [-0.3, -0.25) is 4.79 Å². The number of hydrogen-bond acceptors (Lipinski definition) is 4. The zero-order chi connectivity index (χ0) is 17.8. The van der Waals surface area contributed by atoms with Gasteiger partial charge in [-0.1, -0.05) is 53.7 Å². The molecule has 0 N–H and O–H groups in total. The molecule has 0 saturated heterocycles. The van der Waals surface area contributed by atoms with Crippen LogP contribution in [-0.4, -0.2) is 27.6 Å². The summed E-state index contributed by atoms with van der Waals surface area (Å²) in [6.07, 6.45) is 0. The second kappa shape index (κ2) is 8.21. The number of thioether (sulfide) groups is 1.